The highest BCUT2D eigenvalue weighted by molar-refractivity contribution is 5.99. The third kappa shape index (κ3) is 3.68. The second-order valence-electron chi connectivity index (χ2n) is 8.24. The molecule has 0 bridgehead atoms. The van der Waals surface area contributed by atoms with E-state index >= 15 is 0 Å². The van der Waals surface area contributed by atoms with Gasteiger partial charge in [0.25, 0.3) is 5.91 Å². The van der Waals surface area contributed by atoms with Crippen molar-refractivity contribution in [3.63, 3.8) is 0 Å². The first-order valence-corrected chi connectivity index (χ1v) is 9.26. The molecular formula is C21H26N4O2. The Kier molecular flexibility index (Phi) is 4.97. The number of nitrogens with zero attached hydrogens (tertiary/aromatic N) is 3. The molecule has 142 valence electrons. The van der Waals surface area contributed by atoms with Gasteiger partial charge in [-0.1, -0.05) is 32.0 Å². The maximum absolute atomic E-state index is 13.0. The summed E-state index contributed by atoms with van der Waals surface area (Å²) in [6.45, 7) is 4.30. The smallest absolute Gasteiger partial charge is 0.268 e. The van der Waals surface area contributed by atoms with E-state index in [1.165, 1.54) is 7.05 Å². The molecule has 0 aliphatic heterocycles. The lowest BCUT2D eigenvalue weighted by Gasteiger charge is -2.40. The molecule has 1 aliphatic rings. The van der Waals surface area contributed by atoms with E-state index in [-0.39, 0.29) is 29.2 Å². The minimum atomic E-state index is -0.374. The molecule has 3 rings (SSSR count). The molecule has 2 amide bonds. The van der Waals surface area contributed by atoms with E-state index in [9.17, 15) is 9.59 Å². The van der Waals surface area contributed by atoms with Crippen molar-refractivity contribution in [3.05, 3.63) is 36.0 Å². The van der Waals surface area contributed by atoms with Crippen molar-refractivity contribution in [2.45, 2.75) is 39.2 Å². The number of para-hydroxylation sites is 1. The lowest BCUT2D eigenvalue weighted by molar-refractivity contribution is -0.134. The predicted molar refractivity (Wildman–Crippen MR) is 104 cm³/mol. The molecule has 1 aromatic heterocycles. The van der Waals surface area contributed by atoms with Crippen LogP contribution in [0, 0.1) is 22.8 Å². The summed E-state index contributed by atoms with van der Waals surface area (Å²) in [6, 6.07) is 9.42. The van der Waals surface area contributed by atoms with Crippen LogP contribution in [0.4, 0.5) is 0 Å². The largest absolute Gasteiger partial charge is 0.347 e. The summed E-state index contributed by atoms with van der Waals surface area (Å²) in [5.41, 5.74) is 1.60. The van der Waals surface area contributed by atoms with Crippen LogP contribution in [0.3, 0.4) is 0 Å². The predicted octanol–water partition coefficient (Wildman–Crippen LogP) is 3.04. The van der Waals surface area contributed by atoms with Gasteiger partial charge in [-0.2, -0.15) is 5.26 Å². The number of nitriles is 1. The minimum absolute atomic E-state index is 0.0405. The SMILES string of the molecule is CN(C#N)C(=O)[C@@H]1CCC(C)(C)C[C@@H]1NC(=O)c1cc2ccccc2n1C. The molecule has 1 saturated carbocycles. The second-order valence-corrected chi connectivity index (χ2v) is 8.24. The molecule has 2 atom stereocenters. The normalized spacial score (nSPS) is 21.4. The molecule has 0 unspecified atom stereocenters. The van der Waals surface area contributed by atoms with Gasteiger partial charge in [0, 0.05) is 31.0 Å². The Bertz CT molecular complexity index is 922. The van der Waals surface area contributed by atoms with Crippen molar-refractivity contribution < 1.29 is 9.59 Å². The fourth-order valence-electron chi connectivity index (χ4n) is 4.08. The molecule has 2 aromatic rings. The Morgan fingerprint density at radius 1 is 1.33 bits per heavy atom. The maximum atomic E-state index is 13.0. The number of nitrogens with one attached hydrogen (secondary N) is 1. The minimum Gasteiger partial charge on any atom is -0.347 e. The van der Waals surface area contributed by atoms with E-state index < -0.39 is 0 Å². The molecule has 1 aliphatic carbocycles. The van der Waals surface area contributed by atoms with Crippen LogP contribution in [0.15, 0.2) is 30.3 Å². The number of aromatic nitrogens is 1. The van der Waals surface area contributed by atoms with Gasteiger partial charge in [0.05, 0.1) is 5.92 Å². The van der Waals surface area contributed by atoms with Crippen molar-refractivity contribution in [1.82, 2.24) is 14.8 Å². The van der Waals surface area contributed by atoms with E-state index in [2.05, 4.69) is 19.2 Å². The number of hydrogen-bond donors (Lipinski definition) is 1. The topological polar surface area (TPSA) is 78.1 Å². The molecule has 1 N–H and O–H groups in total. The van der Waals surface area contributed by atoms with Crippen LogP contribution in [0.1, 0.15) is 43.6 Å². The third-order valence-electron chi connectivity index (χ3n) is 5.69. The molecule has 6 heteroatoms. The third-order valence-corrected chi connectivity index (χ3v) is 5.69. The van der Waals surface area contributed by atoms with Crippen LogP contribution < -0.4 is 5.32 Å². The Balaban J connectivity index is 1.87. The van der Waals surface area contributed by atoms with Gasteiger partial charge in [-0.05, 0) is 36.8 Å². The molecule has 0 radical (unpaired) electrons. The van der Waals surface area contributed by atoms with E-state index in [1.54, 1.807) is 0 Å². The van der Waals surface area contributed by atoms with E-state index in [1.807, 2.05) is 48.1 Å². The van der Waals surface area contributed by atoms with Crippen molar-refractivity contribution in [2.75, 3.05) is 7.05 Å². The molecule has 27 heavy (non-hydrogen) atoms. The standard InChI is InChI=1S/C21H26N4O2/c1-21(2)10-9-15(20(27)24(3)13-22)16(12-21)23-19(26)18-11-14-7-5-6-8-17(14)25(18)4/h5-8,11,15-16H,9-10,12H2,1-4H3,(H,23,26)/t15-,16+/m1/s1. The van der Waals surface area contributed by atoms with Crippen molar-refractivity contribution in [3.8, 4) is 6.19 Å². The van der Waals surface area contributed by atoms with Crippen molar-refractivity contribution in [2.24, 2.45) is 18.4 Å². The van der Waals surface area contributed by atoms with Crippen LogP contribution in [-0.2, 0) is 11.8 Å². The van der Waals surface area contributed by atoms with Gasteiger partial charge in [0.1, 0.15) is 5.69 Å². The van der Waals surface area contributed by atoms with Gasteiger partial charge < -0.3 is 9.88 Å². The summed E-state index contributed by atoms with van der Waals surface area (Å²) >= 11 is 0. The zero-order valence-corrected chi connectivity index (χ0v) is 16.3. The molecule has 1 fully saturated rings. The Hall–Kier alpha value is -2.81. The average molecular weight is 366 g/mol. The summed E-state index contributed by atoms with van der Waals surface area (Å²) in [4.78, 5) is 26.7. The first kappa shape index (κ1) is 19.0. The fraction of sp³-hybridized carbons (Fsp3) is 0.476. The van der Waals surface area contributed by atoms with Gasteiger partial charge in [0.15, 0.2) is 6.19 Å². The zero-order valence-electron chi connectivity index (χ0n) is 16.3. The molecule has 6 nitrogen and oxygen atoms in total. The van der Waals surface area contributed by atoms with Crippen molar-refractivity contribution in [1.29, 1.82) is 5.26 Å². The quantitative estimate of drug-likeness (QED) is 0.670. The Morgan fingerprint density at radius 3 is 2.70 bits per heavy atom. The maximum Gasteiger partial charge on any atom is 0.268 e. The van der Waals surface area contributed by atoms with Gasteiger partial charge in [-0.15, -0.1) is 0 Å². The monoisotopic (exact) mass is 366 g/mol. The number of hydrogen-bond acceptors (Lipinski definition) is 3. The second kappa shape index (κ2) is 7.07. The average Bonchev–Trinajstić information content (AvgIpc) is 2.97. The lowest BCUT2D eigenvalue weighted by Crippen LogP contribution is -2.51. The summed E-state index contributed by atoms with van der Waals surface area (Å²) < 4.78 is 1.87. The number of carbonyl (C=O) groups excluding carboxylic acids is 2. The number of rotatable bonds is 3. The van der Waals surface area contributed by atoms with Gasteiger partial charge in [0.2, 0.25) is 5.91 Å². The van der Waals surface area contributed by atoms with E-state index in [0.29, 0.717) is 18.5 Å². The summed E-state index contributed by atoms with van der Waals surface area (Å²) in [5, 5.41) is 13.2. The highest BCUT2D eigenvalue weighted by atomic mass is 16.2. The molecule has 1 aromatic carbocycles. The molecule has 0 spiro atoms. The molecular weight excluding hydrogens is 340 g/mol. The Morgan fingerprint density at radius 2 is 2.04 bits per heavy atom. The zero-order chi connectivity index (χ0) is 19.8. The number of carbonyl (C=O) groups is 2. The first-order chi connectivity index (χ1) is 12.7. The van der Waals surface area contributed by atoms with Crippen LogP contribution in [0.5, 0.6) is 0 Å². The summed E-state index contributed by atoms with van der Waals surface area (Å²) in [5.74, 6) is -0.787. The van der Waals surface area contributed by atoms with Gasteiger partial charge >= 0.3 is 0 Å². The number of aryl methyl sites for hydroxylation is 1. The first-order valence-electron chi connectivity index (χ1n) is 9.26. The van der Waals surface area contributed by atoms with Crippen molar-refractivity contribution >= 4 is 22.7 Å². The highest BCUT2D eigenvalue weighted by Gasteiger charge is 2.40. The van der Waals surface area contributed by atoms with Gasteiger partial charge in [-0.25, -0.2) is 0 Å². The summed E-state index contributed by atoms with van der Waals surface area (Å²) in [6.07, 6.45) is 4.15. The van der Waals surface area contributed by atoms with Gasteiger partial charge in [-0.3, -0.25) is 14.5 Å². The van der Waals surface area contributed by atoms with E-state index in [0.717, 1.165) is 22.2 Å². The highest BCUT2D eigenvalue weighted by Crippen LogP contribution is 2.39. The fourth-order valence-corrected chi connectivity index (χ4v) is 4.08. The van der Waals surface area contributed by atoms with Crippen LogP contribution in [-0.4, -0.2) is 34.4 Å². The summed E-state index contributed by atoms with van der Waals surface area (Å²) in [7, 11) is 3.35. The number of fused-ring (bicyclic) bond motifs is 1. The van der Waals surface area contributed by atoms with Crippen LogP contribution in [0.25, 0.3) is 10.9 Å². The number of amides is 2. The molecule has 0 saturated heterocycles. The van der Waals surface area contributed by atoms with Crippen LogP contribution in [0.2, 0.25) is 0 Å². The van der Waals surface area contributed by atoms with Crippen LogP contribution >= 0.6 is 0 Å². The lowest BCUT2D eigenvalue weighted by atomic mass is 9.70. The van der Waals surface area contributed by atoms with E-state index in [4.69, 9.17) is 5.26 Å². The Labute approximate surface area is 159 Å². The molecule has 1 heterocycles. The number of benzene rings is 1.